The highest BCUT2D eigenvalue weighted by atomic mass is 16.4. The second-order valence-electron chi connectivity index (χ2n) is 6.44. The molecule has 140 valence electrons. The van der Waals surface area contributed by atoms with Crippen molar-refractivity contribution in [1.82, 2.24) is 0 Å². The van der Waals surface area contributed by atoms with E-state index < -0.39 is 22.7 Å². The van der Waals surface area contributed by atoms with Crippen molar-refractivity contribution >= 4 is 11.0 Å². The first kappa shape index (κ1) is 18.2. The van der Waals surface area contributed by atoms with Crippen LogP contribution in [0, 0.1) is 0 Å². The molecule has 0 amide bonds. The van der Waals surface area contributed by atoms with Gasteiger partial charge in [-0.3, -0.25) is 4.79 Å². The fourth-order valence-electron chi connectivity index (χ4n) is 2.75. The molecular weight excluding hydrogens is 352 g/mol. The van der Waals surface area contributed by atoms with Gasteiger partial charge in [-0.15, -0.1) is 0 Å². The predicted octanol–water partition coefficient (Wildman–Crippen LogP) is 3.50. The molecule has 0 saturated heterocycles. The molecule has 0 bridgehead atoms. The molecule has 0 saturated carbocycles. The van der Waals surface area contributed by atoms with Gasteiger partial charge in [-0.25, -0.2) is 0 Å². The van der Waals surface area contributed by atoms with Crippen LogP contribution in [0.1, 0.15) is 19.4 Å². The summed E-state index contributed by atoms with van der Waals surface area (Å²) in [5.74, 6) is -2.62. The SMILES string of the molecule is CC(C)=CCc1cc(-c2oc3cc(O)cc(O)c3c(=O)c2O)cc(O)c1O. The van der Waals surface area contributed by atoms with E-state index in [1.54, 1.807) is 0 Å². The fourth-order valence-corrected chi connectivity index (χ4v) is 2.75. The van der Waals surface area contributed by atoms with Crippen LogP contribution in [0.3, 0.4) is 0 Å². The number of rotatable bonds is 3. The molecule has 7 nitrogen and oxygen atoms in total. The monoisotopic (exact) mass is 370 g/mol. The fraction of sp³-hybridized carbons (Fsp3) is 0.150. The number of fused-ring (bicyclic) bond motifs is 1. The van der Waals surface area contributed by atoms with E-state index in [4.69, 9.17) is 4.42 Å². The van der Waals surface area contributed by atoms with Crippen LogP contribution in [0.15, 0.2) is 45.1 Å². The standard InChI is InChI=1S/C20H18O7/c1-9(2)3-4-10-5-11(6-14(23)17(10)24)20-19(26)18(25)16-13(22)7-12(21)8-15(16)27-20/h3,5-8,21-24,26H,4H2,1-2H3. The van der Waals surface area contributed by atoms with Crippen molar-refractivity contribution in [2.75, 3.05) is 0 Å². The average molecular weight is 370 g/mol. The lowest BCUT2D eigenvalue weighted by molar-refractivity contribution is 0.400. The van der Waals surface area contributed by atoms with E-state index in [1.165, 1.54) is 6.07 Å². The van der Waals surface area contributed by atoms with Gasteiger partial charge in [-0.2, -0.15) is 0 Å². The third-order valence-electron chi connectivity index (χ3n) is 4.10. The Bertz CT molecular complexity index is 1140. The highest BCUT2D eigenvalue weighted by molar-refractivity contribution is 5.88. The second-order valence-corrected chi connectivity index (χ2v) is 6.44. The van der Waals surface area contributed by atoms with Crippen molar-refractivity contribution in [2.24, 2.45) is 0 Å². The normalized spacial score (nSPS) is 10.9. The molecule has 27 heavy (non-hydrogen) atoms. The number of aromatic hydroxyl groups is 5. The number of hydrogen-bond donors (Lipinski definition) is 5. The van der Waals surface area contributed by atoms with Gasteiger partial charge in [-0.1, -0.05) is 11.6 Å². The maximum atomic E-state index is 12.4. The summed E-state index contributed by atoms with van der Waals surface area (Å²) in [7, 11) is 0. The van der Waals surface area contributed by atoms with E-state index in [0.29, 0.717) is 12.0 Å². The molecule has 0 aliphatic heterocycles. The first-order valence-corrected chi connectivity index (χ1v) is 8.09. The minimum absolute atomic E-state index is 0.135. The van der Waals surface area contributed by atoms with Crippen molar-refractivity contribution in [3.05, 3.63) is 51.7 Å². The lowest BCUT2D eigenvalue weighted by atomic mass is 10.0. The Morgan fingerprint density at radius 3 is 2.33 bits per heavy atom. The van der Waals surface area contributed by atoms with E-state index in [2.05, 4.69) is 0 Å². The molecule has 0 spiro atoms. The minimum Gasteiger partial charge on any atom is -0.508 e. The van der Waals surface area contributed by atoms with Crippen molar-refractivity contribution in [1.29, 1.82) is 0 Å². The Kier molecular flexibility index (Phi) is 4.45. The summed E-state index contributed by atoms with van der Waals surface area (Å²) >= 11 is 0. The van der Waals surface area contributed by atoms with Crippen LogP contribution in [0.4, 0.5) is 0 Å². The zero-order valence-electron chi connectivity index (χ0n) is 14.6. The number of phenolic OH excluding ortho intramolecular Hbond substituents is 4. The summed E-state index contributed by atoms with van der Waals surface area (Å²) in [5, 5.41) is 49.5. The van der Waals surface area contributed by atoms with Crippen LogP contribution in [0.2, 0.25) is 0 Å². The van der Waals surface area contributed by atoms with Crippen molar-refractivity contribution in [3.63, 3.8) is 0 Å². The third kappa shape index (κ3) is 3.27. The molecule has 0 aliphatic rings. The number of allylic oxidation sites excluding steroid dienone is 2. The van der Waals surface area contributed by atoms with Crippen molar-refractivity contribution in [3.8, 4) is 40.1 Å². The van der Waals surface area contributed by atoms with Gasteiger partial charge >= 0.3 is 0 Å². The van der Waals surface area contributed by atoms with Crippen LogP contribution in [0.5, 0.6) is 28.7 Å². The summed E-state index contributed by atoms with van der Waals surface area (Å²) < 4.78 is 5.52. The maximum absolute atomic E-state index is 12.4. The Morgan fingerprint density at radius 1 is 0.963 bits per heavy atom. The molecule has 0 atom stereocenters. The van der Waals surface area contributed by atoms with Crippen LogP contribution < -0.4 is 5.43 Å². The lowest BCUT2D eigenvalue weighted by Gasteiger charge is -2.11. The largest absolute Gasteiger partial charge is 0.508 e. The van der Waals surface area contributed by atoms with Crippen molar-refractivity contribution in [2.45, 2.75) is 20.3 Å². The van der Waals surface area contributed by atoms with E-state index in [-0.39, 0.29) is 33.8 Å². The third-order valence-corrected chi connectivity index (χ3v) is 4.10. The van der Waals surface area contributed by atoms with E-state index in [9.17, 15) is 30.3 Å². The molecule has 0 fully saturated rings. The topological polar surface area (TPSA) is 131 Å². The summed E-state index contributed by atoms with van der Waals surface area (Å²) in [6, 6.07) is 4.71. The number of phenols is 4. The lowest BCUT2D eigenvalue weighted by Crippen LogP contribution is -2.03. The van der Waals surface area contributed by atoms with E-state index >= 15 is 0 Å². The molecule has 5 N–H and O–H groups in total. The molecule has 0 unspecified atom stereocenters. The van der Waals surface area contributed by atoms with Gasteiger partial charge in [0.05, 0.1) is 0 Å². The molecule has 3 aromatic rings. The minimum atomic E-state index is -0.887. The Balaban J connectivity index is 2.28. The maximum Gasteiger partial charge on any atom is 0.238 e. The summed E-state index contributed by atoms with van der Waals surface area (Å²) in [4.78, 5) is 12.4. The summed E-state index contributed by atoms with van der Waals surface area (Å²) in [6.45, 7) is 3.77. The predicted molar refractivity (Wildman–Crippen MR) is 99.4 cm³/mol. The average Bonchev–Trinajstić information content (AvgIpc) is 2.58. The van der Waals surface area contributed by atoms with Gasteiger partial charge in [-0.05, 0) is 32.4 Å². The van der Waals surface area contributed by atoms with Gasteiger partial charge in [0.2, 0.25) is 11.2 Å². The van der Waals surface area contributed by atoms with Crippen LogP contribution in [0.25, 0.3) is 22.3 Å². The zero-order valence-corrected chi connectivity index (χ0v) is 14.6. The van der Waals surface area contributed by atoms with Gasteiger partial charge in [0, 0.05) is 23.3 Å². The first-order valence-electron chi connectivity index (χ1n) is 8.09. The quantitative estimate of drug-likeness (QED) is 0.352. The smallest absolute Gasteiger partial charge is 0.238 e. The second kappa shape index (κ2) is 6.60. The van der Waals surface area contributed by atoms with Crippen LogP contribution in [-0.4, -0.2) is 25.5 Å². The van der Waals surface area contributed by atoms with Crippen LogP contribution >= 0.6 is 0 Å². The van der Waals surface area contributed by atoms with Gasteiger partial charge < -0.3 is 29.9 Å². The molecular formula is C20H18O7. The highest BCUT2D eigenvalue weighted by Crippen LogP contribution is 2.39. The first-order chi connectivity index (χ1) is 12.7. The Morgan fingerprint density at radius 2 is 1.67 bits per heavy atom. The molecule has 0 aliphatic carbocycles. The molecule has 1 heterocycles. The molecule has 7 heteroatoms. The summed E-state index contributed by atoms with van der Waals surface area (Å²) in [5.41, 5.74) is 0.505. The van der Waals surface area contributed by atoms with E-state index in [1.807, 2.05) is 19.9 Å². The van der Waals surface area contributed by atoms with Gasteiger partial charge in [0.25, 0.3) is 0 Å². The summed E-state index contributed by atoms with van der Waals surface area (Å²) in [6.07, 6.45) is 2.15. The molecule has 2 aromatic carbocycles. The molecule has 0 radical (unpaired) electrons. The number of hydrogen-bond acceptors (Lipinski definition) is 7. The molecule has 1 aromatic heterocycles. The van der Waals surface area contributed by atoms with Crippen LogP contribution in [-0.2, 0) is 6.42 Å². The van der Waals surface area contributed by atoms with Gasteiger partial charge in [0.15, 0.2) is 17.3 Å². The van der Waals surface area contributed by atoms with Crippen molar-refractivity contribution < 1.29 is 29.9 Å². The zero-order chi connectivity index (χ0) is 19.9. The van der Waals surface area contributed by atoms with Gasteiger partial charge in [0.1, 0.15) is 22.5 Å². The number of benzene rings is 2. The molecule has 3 rings (SSSR count). The Hall–Kier alpha value is -3.61. The Labute approximate surface area is 153 Å². The van der Waals surface area contributed by atoms with E-state index in [0.717, 1.165) is 23.8 Å². The highest BCUT2D eigenvalue weighted by Gasteiger charge is 2.20.